The number of rotatable bonds is 8. The van der Waals surface area contributed by atoms with Gasteiger partial charge in [-0.3, -0.25) is 0 Å². The summed E-state index contributed by atoms with van der Waals surface area (Å²) < 4.78 is 0. The maximum atomic E-state index is 3.06. The molecule has 0 spiro atoms. The van der Waals surface area contributed by atoms with E-state index in [4.69, 9.17) is 0 Å². The van der Waals surface area contributed by atoms with Gasteiger partial charge in [0, 0.05) is 0 Å². The topological polar surface area (TPSA) is 0 Å². The molecule has 0 aliphatic heterocycles. The molecule has 10 rings (SSSR count). The van der Waals surface area contributed by atoms with Crippen molar-refractivity contribution in [3.63, 3.8) is 0 Å². The van der Waals surface area contributed by atoms with Gasteiger partial charge < -0.3 is 14.9 Å². The van der Waals surface area contributed by atoms with Crippen LogP contribution in [-0.2, 0) is 57.8 Å². The quantitative estimate of drug-likeness (QED) is 0.105. The molecule has 0 unspecified atom stereocenters. The Labute approximate surface area is 442 Å². The zero-order chi connectivity index (χ0) is 48.8. The van der Waals surface area contributed by atoms with Gasteiger partial charge in [0.15, 0.2) is 0 Å². The Morgan fingerprint density at radius 1 is 0.371 bits per heavy atom. The van der Waals surface area contributed by atoms with E-state index in [0.717, 1.165) is 11.8 Å². The normalized spacial score (nSPS) is 13.9. The molecule has 0 nitrogen and oxygen atoms in total. The van der Waals surface area contributed by atoms with Gasteiger partial charge in [0.1, 0.15) is 0 Å². The van der Waals surface area contributed by atoms with Crippen LogP contribution in [-0.4, -0.2) is 6.88 Å². The van der Waals surface area contributed by atoms with Crippen LogP contribution in [0, 0.1) is 26.7 Å². The van der Waals surface area contributed by atoms with E-state index in [1.165, 1.54) is 161 Å². The zero-order valence-electron chi connectivity index (χ0n) is 45.3. The van der Waals surface area contributed by atoms with Crippen molar-refractivity contribution in [2.45, 2.75) is 143 Å². The molecule has 0 aromatic heterocycles. The third-order valence-corrected chi connectivity index (χ3v) is 14.6. The summed E-state index contributed by atoms with van der Waals surface area (Å²) in [5.74, 6) is 1.79. The average Bonchev–Trinajstić information content (AvgIpc) is 4.22. The van der Waals surface area contributed by atoms with E-state index in [1.54, 1.807) is 0 Å². The molecule has 8 aromatic carbocycles. The Kier molecular flexibility index (Phi) is 17.1. The van der Waals surface area contributed by atoms with Crippen LogP contribution in [0.5, 0.6) is 0 Å². The van der Waals surface area contributed by atoms with Crippen LogP contribution < -0.4 is 0 Å². The van der Waals surface area contributed by atoms with Gasteiger partial charge in [-0.25, -0.2) is 0 Å². The van der Waals surface area contributed by atoms with Gasteiger partial charge in [0.2, 0.25) is 0 Å². The summed E-state index contributed by atoms with van der Waals surface area (Å²) in [6, 6.07) is 56.1. The first kappa shape index (κ1) is 55.0. The minimum absolute atomic E-state index is 0. The fraction of sp³-hybridized carbons (Fsp3) is 0.353. The predicted molar refractivity (Wildman–Crippen MR) is 307 cm³/mol. The molecule has 2 saturated carbocycles. The van der Waals surface area contributed by atoms with Crippen LogP contribution in [0.2, 0.25) is 0 Å². The van der Waals surface area contributed by atoms with Gasteiger partial charge in [-0.1, -0.05) is 238 Å². The van der Waals surface area contributed by atoms with Crippen LogP contribution in [0.1, 0.15) is 142 Å². The van der Waals surface area contributed by atoms with Crippen LogP contribution >= 0.6 is 0 Å². The average molecular weight is 1020 g/mol. The first-order valence-electron chi connectivity index (χ1n) is 25.3. The minimum atomic E-state index is 0. The number of hydrogen-bond acceptors (Lipinski definition) is 0. The van der Waals surface area contributed by atoms with E-state index < -0.39 is 0 Å². The molecule has 70 heavy (non-hydrogen) atoms. The van der Waals surface area contributed by atoms with Gasteiger partial charge in [-0.15, -0.1) is 44.8 Å². The van der Waals surface area contributed by atoms with E-state index in [2.05, 4.69) is 236 Å². The van der Waals surface area contributed by atoms with E-state index in [9.17, 15) is 0 Å². The number of hydrogen-bond donors (Lipinski definition) is 0. The van der Waals surface area contributed by atoms with Gasteiger partial charge in [0.25, 0.3) is 0 Å². The van der Waals surface area contributed by atoms with Crippen molar-refractivity contribution >= 4 is 28.4 Å². The second-order valence-electron chi connectivity index (χ2n) is 24.3. The summed E-state index contributed by atoms with van der Waals surface area (Å²) in [4.78, 5) is 0. The molecule has 0 heterocycles. The van der Waals surface area contributed by atoms with E-state index in [1.807, 2.05) is 0 Å². The van der Waals surface area contributed by atoms with Crippen molar-refractivity contribution in [1.29, 1.82) is 0 Å². The number of fused-ring (bicyclic) bond motifs is 2. The van der Waals surface area contributed by atoms with Crippen LogP contribution in [0.4, 0.5) is 0 Å². The molecule has 0 saturated heterocycles. The van der Waals surface area contributed by atoms with Crippen molar-refractivity contribution < 1.29 is 23.3 Å². The van der Waals surface area contributed by atoms with Crippen molar-refractivity contribution in [3.8, 4) is 44.5 Å². The third-order valence-electron chi connectivity index (χ3n) is 14.6. The van der Waals surface area contributed by atoms with E-state index in [-0.39, 0.29) is 36.5 Å². The van der Waals surface area contributed by atoms with Gasteiger partial charge in [0.05, 0.1) is 0 Å². The second kappa shape index (κ2) is 21.8. The fourth-order valence-electron chi connectivity index (χ4n) is 9.87. The van der Waals surface area contributed by atoms with Crippen molar-refractivity contribution in [2.24, 2.45) is 11.8 Å². The van der Waals surface area contributed by atoms with Crippen LogP contribution in [0.25, 0.3) is 66.1 Å². The third kappa shape index (κ3) is 12.8. The van der Waals surface area contributed by atoms with Crippen molar-refractivity contribution in [1.82, 2.24) is 0 Å². The molecule has 0 N–H and O–H groups in total. The van der Waals surface area contributed by atoms with Gasteiger partial charge >= 0.3 is 30.2 Å². The number of benzene rings is 6. The Morgan fingerprint density at radius 3 is 0.829 bits per heavy atom. The fourth-order valence-corrected chi connectivity index (χ4v) is 9.87. The Balaban J connectivity index is 0.000000216. The standard InChI is InChI=1S/2C33H37.2CH3.Si.Zr/c2*1-32(2,3)26-13-9-24(10-14-26)28-17-18-29(25-11-15-27(16-12-25)33(4,5)6)31-21-23(20-30(28)31)19-22-7-8-22;;;;/h2*9-18,20-22H,7-8,19H2,1-6H3;2*1H3;;/q4*-1;;. The summed E-state index contributed by atoms with van der Waals surface area (Å²) in [6.07, 6.45) is 8.01. The second-order valence-corrected chi connectivity index (χ2v) is 24.3. The Bertz CT molecular complexity index is 2570. The molecule has 364 valence electrons. The molecule has 2 fully saturated rings. The van der Waals surface area contributed by atoms with Gasteiger partial charge in [-0.2, -0.15) is 12.1 Å². The first-order valence-corrected chi connectivity index (χ1v) is 29.5. The Hall–Kier alpha value is -4.36. The molecule has 0 amide bonds. The van der Waals surface area contributed by atoms with Crippen molar-refractivity contribution in [2.75, 3.05) is 0 Å². The van der Waals surface area contributed by atoms with Gasteiger partial charge in [-0.05, 0) is 105 Å². The summed E-state index contributed by atoms with van der Waals surface area (Å²) in [7, 11) is 0. The molecule has 2 aliphatic carbocycles. The van der Waals surface area contributed by atoms with Crippen LogP contribution in [0.3, 0.4) is 0 Å². The molecule has 2 radical (unpaired) electrons. The maximum absolute atomic E-state index is 3.06. The monoisotopic (exact) mass is 1010 g/mol. The summed E-state index contributed by atoms with van der Waals surface area (Å²) in [5, 5.41) is 5.58. The molecule has 0 bridgehead atoms. The molecule has 2 heteroatoms. The van der Waals surface area contributed by atoms with Crippen molar-refractivity contribution in [3.05, 3.63) is 194 Å². The molecule has 8 aromatic rings. The summed E-state index contributed by atoms with van der Waals surface area (Å²) >= 11 is 1.36. The summed E-state index contributed by atoms with van der Waals surface area (Å²) in [5.41, 5.74) is 19.9. The molecular weight excluding hydrogens is 936 g/mol. The van der Waals surface area contributed by atoms with E-state index in [0.29, 0.717) is 0 Å². The SMILES string of the molecule is CC(C)(C)c1ccc(-c2ccc(-c3ccc(C(C)(C)C)cc3)c3[cH-]c(CC4CC4)cc23)cc1.CC(C)(C)c1ccc(-c2ccc(-c3ccc(C(C)(C)C)cc3)c3[cH-]c(CC4CC4)cc23)cc1.[CH3-].[CH3-].[Si]=[Zr]. The van der Waals surface area contributed by atoms with Crippen LogP contribution in [0.15, 0.2) is 146 Å². The first-order chi connectivity index (χ1) is 32.2. The Morgan fingerprint density at radius 2 is 0.600 bits per heavy atom. The van der Waals surface area contributed by atoms with E-state index >= 15 is 0 Å². The predicted octanol–water partition coefficient (Wildman–Crippen LogP) is 19.4. The summed E-state index contributed by atoms with van der Waals surface area (Å²) in [6.45, 7) is 30.4. The molecular formula is C68H80SiZr-4. The zero-order valence-corrected chi connectivity index (χ0v) is 48.7. The molecule has 0 atom stereocenters. The molecule has 2 aliphatic rings.